The van der Waals surface area contributed by atoms with Gasteiger partial charge >= 0.3 is 0 Å². The van der Waals surface area contributed by atoms with E-state index in [-0.39, 0.29) is 11.8 Å². The van der Waals surface area contributed by atoms with Crippen LogP contribution >= 0.6 is 0 Å². The molecule has 3 nitrogen and oxygen atoms in total. The average molecular weight is 260 g/mol. The zero-order valence-corrected chi connectivity index (χ0v) is 12.4. The highest BCUT2D eigenvalue weighted by atomic mass is 16.1. The molecular formula is C16H24N2O. The second-order valence-corrected chi connectivity index (χ2v) is 5.72. The van der Waals surface area contributed by atoms with Crippen LogP contribution in [0.3, 0.4) is 0 Å². The van der Waals surface area contributed by atoms with Crippen molar-refractivity contribution in [3.8, 4) is 0 Å². The van der Waals surface area contributed by atoms with Crippen molar-refractivity contribution in [1.82, 2.24) is 9.80 Å². The molecule has 1 fully saturated rings. The molecule has 1 atom stereocenters. The Morgan fingerprint density at radius 3 is 2.68 bits per heavy atom. The number of rotatable bonds is 2. The van der Waals surface area contributed by atoms with E-state index in [1.165, 1.54) is 5.56 Å². The fraction of sp³-hybridized carbons (Fsp3) is 0.562. The lowest BCUT2D eigenvalue weighted by Gasteiger charge is -2.26. The molecule has 1 aliphatic heterocycles. The van der Waals surface area contributed by atoms with Gasteiger partial charge in [0.2, 0.25) is 0 Å². The predicted octanol–water partition coefficient (Wildman–Crippen LogP) is 2.12. The number of aryl methyl sites for hydroxylation is 1. The highest BCUT2D eigenvalue weighted by Crippen LogP contribution is 2.18. The maximum absolute atomic E-state index is 12.8. The first kappa shape index (κ1) is 14.2. The molecule has 1 heterocycles. The molecule has 0 amide bonds. The largest absolute Gasteiger partial charge is 0.304 e. The molecule has 0 aliphatic carbocycles. The zero-order valence-electron chi connectivity index (χ0n) is 12.4. The molecule has 0 radical (unpaired) electrons. The molecule has 0 aromatic heterocycles. The van der Waals surface area contributed by atoms with Crippen LogP contribution in [0.5, 0.6) is 0 Å². The predicted molar refractivity (Wildman–Crippen MR) is 78.8 cm³/mol. The van der Waals surface area contributed by atoms with E-state index in [2.05, 4.69) is 36.9 Å². The van der Waals surface area contributed by atoms with Crippen LogP contribution < -0.4 is 0 Å². The summed E-state index contributed by atoms with van der Waals surface area (Å²) >= 11 is 0. The van der Waals surface area contributed by atoms with Gasteiger partial charge in [0.1, 0.15) is 0 Å². The Labute approximate surface area is 116 Å². The summed E-state index contributed by atoms with van der Waals surface area (Å²) < 4.78 is 0. The minimum absolute atomic E-state index is 0.0204. The Kier molecular flexibility index (Phi) is 4.38. The quantitative estimate of drug-likeness (QED) is 0.761. The maximum atomic E-state index is 12.8. The Morgan fingerprint density at radius 2 is 1.95 bits per heavy atom. The highest BCUT2D eigenvalue weighted by Gasteiger charge is 2.28. The minimum atomic E-state index is -0.0204. The van der Waals surface area contributed by atoms with E-state index >= 15 is 0 Å². The first-order chi connectivity index (χ1) is 9.00. The van der Waals surface area contributed by atoms with Gasteiger partial charge in [-0.25, -0.2) is 0 Å². The van der Waals surface area contributed by atoms with Crippen LogP contribution in [-0.4, -0.2) is 55.4 Å². The van der Waals surface area contributed by atoms with Crippen molar-refractivity contribution in [1.29, 1.82) is 0 Å². The summed E-state index contributed by atoms with van der Waals surface area (Å²) in [6.07, 6.45) is 1.13. The molecular weight excluding hydrogens is 236 g/mol. The normalized spacial score (nSPS) is 22.2. The fourth-order valence-electron chi connectivity index (χ4n) is 2.75. The second kappa shape index (κ2) is 5.85. The van der Waals surface area contributed by atoms with Crippen LogP contribution in [0.2, 0.25) is 0 Å². The summed E-state index contributed by atoms with van der Waals surface area (Å²) in [7, 11) is 4.16. The van der Waals surface area contributed by atoms with Gasteiger partial charge < -0.3 is 4.90 Å². The first-order valence-electron chi connectivity index (χ1n) is 7.00. The molecule has 1 aliphatic rings. The molecule has 1 saturated heterocycles. The molecule has 0 N–H and O–H groups in total. The molecule has 19 heavy (non-hydrogen) atoms. The standard InChI is InChI=1S/C16H24N2O/c1-12-7-5-8-14(13(12)2)16(19)15-11-17(3)9-6-10-18(15)4/h5,7-8,15H,6,9-11H2,1-4H3. The van der Waals surface area contributed by atoms with E-state index in [1.54, 1.807) is 0 Å². The van der Waals surface area contributed by atoms with Gasteiger partial charge in [-0.1, -0.05) is 18.2 Å². The Bertz CT molecular complexity index is 470. The topological polar surface area (TPSA) is 23.6 Å². The van der Waals surface area contributed by atoms with Gasteiger partial charge in [0.05, 0.1) is 6.04 Å². The average Bonchev–Trinajstić information content (AvgIpc) is 2.54. The number of hydrogen-bond acceptors (Lipinski definition) is 3. The lowest BCUT2D eigenvalue weighted by Crippen LogP contribution is -2.43. The minimum Gasteiger partial charge on any atom is -0.304 e. The summed E-state index contributed by atoms with van der Waals surface area (Å²) in [5, 5.41) is 0. The molecule has 3 heteroatoms. The van der Waals surface area contributed by atoms with Gasteiger partial charge in [-0.3, -0.25) is 9.69 Å². The van der Waals surface area contributed by atoms with Crippen molar-refractivity contribution in [2.75, 3.05) is 33.7 Å². The number of carbonyl (C=O) groups is 1. The van der Waals surface area contributed by atoms with Gasteiger partial charge in [0, 0.05) is 12.1 Å². The number of carbonyl (C=O) groups excluding carboxylic acids is 1. The van der Waals surface area contributed by atoms with E-state index in [0.29, 0.717) is 0 Å². The van der Waals surface area contributed by atoms with Gasteiger partial charge in [-0.05, 0) is 58.6 Å². The Hall–Kier alpha value is -1.19. The lowest BCUT2D eigenvalue weighted by atomic mass is 9.95. The van der Waals surface area contributed by atoms with Gasteiger partial charge in [-0.15, -0.1) is 0 Å². The lowest BCUT2D eigenvalue weighted by molar-refractivity contribution is 0.0838. The third kappa shape index (κ3) is 3.04. The molecule has 1 aromatic rings. The van der Waals surface area contributed by atoms with Crippen molar-refractivity contribution >= 4 is 5.78 Å². The van der Waals surface area contributed by atoms with E-state index in [0.717, 1.165) is 37.2 Å². The number of likely N-dealkylation sites (N-methyl/N-ethyl adjacent to an activating group) is 2. The zero-order chi connectivity index (χ0) is 14.0. The van der Waals surface area contributed by atoms with Gasteiger partial charge in [0.15, 0.2) is 5.78 Å². The molecule has 1 aromatic carbocycles. The summed E-state index contributed by atoms with van der Waals surface area (Å²) in [4.78, 5) is 17.3. The van der Waals surface area contributed by atoms with E-state index < -0.39 is 0 Å². The van der Waals surface area contributed by atoms with E-state index in [1.807, 2.05) is 19.1 Å². The van der Waals surface area contributed by atoms with Crippen LogP contribution in [0.4, 0.5) is 0 Å². The van der Waals surface area contributed by atoms with Gasteiger partial charge in [0.25, 0.3) is 0 Å². The van der Waals surface area contributed by atoms with Gasteiger partial charge in [-0.2, -0.15) is 0 Å². The van der Waals surface area contributed by atoms with Crippen LogP contribution in [-0.2, 0) is 0 Å². The van der Waals surface area contributed by atoms with E-state index in [4.69, 9.17) is 0 Å². The van der Waals surface area contributed by atoms with Crippen LogP contribution in [0.1, 0.15) is 27.9 Å². The van der Waals surface area contributed by atoms with Crippen LogP contribution in [0.15, 0.2) is 18.2 Å². The molecule has 0 saturated carbocycles. The number of hydrogen-bond donors (Lipinski definition) is 0. The molecule has 1 unspecified atom stereocenters. The van der Waals surface area contributed by atoms with Crippen molar-refractivity contribution in [3.05, 3.63) is 34.9 Å². The van der Waals surface area contributed by atoms with Crippen molar-refractivity contribution in [3.63, 3.8) is 0 Å². The SMILES string of the molecule is Cc1cccc(C(=O)C2CN(C)CCCN2C)c1C. The Balaban J connectivity index is 2.28. The van der Waals surface area contributed by atoms with Crippen molar-refractivity contribution in [2.45, 2.75) is 26.3 Å². The summed E-state index contributed by atoms with van der Waals surface area (Å²) in [5.74, 6) is 0.262. The van der Waals surface area contributed by atoms with Crippen LogP contribution in [0.25, 0.3) is 0 Å². The number of Topliss-reactive ketones (excluding diaryl/α,β-unsaturated/α-hetero) is 1. The number of ketones is 1. The smallest absolute Gasteiger partial charge is 0.181 e. The first-order valence-corrected chi connectivity index (χ1v) is 7.00. The highest BCUT2D eigenvalue weighted by molar-refractivity contribution is 6.01. The summed E-state index contributed by atoms with van der Waals surface area (Å²) in [6, 6.07) is 5.99. The monoisotopic (exact) mass is 260 g/mol. The summed E-state index contributed by atoms with van der Waals surface area (Å²) in [5.41, 5.74) is 3.19. The number of benzene rings is 1. The Morgan fingerprint density at radius 1 is 1.21 bits per heavy atom. The summed E-state index contributed by atoms with van der Waals surface area (Å²) in [6.45, 7) is 6.99. The maximum Gasteiger partial charge on any atom is 0.181 e. The fourth-order valence-corrected chi connectivity index (χ4v) is 2.75. The molecule has 2 rings (SSSR count). The van der Waals surface area contributed by atoms with Crippen molar-refractivity contribution in [2.24, 2.45) is 0 Å². The molecule has 0 spiro atoms. The molecule has 104 valence electrons. The van der Waals surface area contributed by atoms with Crippen molar-refractivity contribution < 1.29 is 4.79 Å². The van der Waals surface area contributed by atoms with Crippen LogP contribution in [0, 0.1) is 13.8 Å². The van der Waals surface area contributed by atoms with E-state index in [9.17, 15) is 4.79 Å². The second-order valence-electron chi connectivity index (χ2n) is 5.72. The molecule has 0 bridgehead atoms. The third-order valence-corrected chi connectivity index (χ3v) is 4.24. The third-order valence-electron chi connectivity index (χ3n) is 4.24. The number of nitrogens with zero attached hydrogens (tertiary/aromatic N) is 2.